The molecule has 2 aromatic rings. The van der Waals surface area contributed by atoms with Crippen molar-refractivity contribution in [2.45, 2.75) is 19.0 Å². The van der Waals surface area contributed by atoms with Crippen molar-refractivity contribution in [3.05, 3.63) is 65.2 Å². The molecule has 0 saturated heterocycles. The molecule has 1 heterocycles. The number of nitrogens with zero attached hydrogens (tertiary/aromatic N) is 1. The van der Waals surface area contributed by atoms with Gasteiger partial charge in [0, 0.05) is 20.2 Å². The fourth-order valence-corrected chi connectivity index (χ4v) is 3.39. The molecule has 0 bridgehead atoms. The number of carbonyl (C=O) groups is 1. The molecule has 6 heteroatoms. The van der Waals surface area contributed by atoms with Crippen LogP contribution in [0.1, 0.15) is 22.7 Å². The van der Waals surface area contributed by atoms with Gasteiger partial charge in [0.2, 0.25) is 5.91 Å². The first kappa shape index (κ1) is 21.2. The van der Waals surface area contributed by atoms with E-state index < -0.39 is 0 Å². The fourth-order valence-electron chi connectivity index (χ4n) is 3.39. The summed E-state index contributed by atoms with van der Waals surface area (Å²) < 4.78 is 10.4. The van der Waals surface area contributed by atoms with Crippen molar-refractivity contribution in [2.75, 3.05) is 33.9 Å². The van der Waals surface area contributed by atoms with Gasteiger partial charge in [-0.3, -0.25) is 4.79 Å². The van der Waals surface area contributed by atoms with E-state index in [2.05, 4.69) is 23.5 Å². The van der Waals surface area contributed by atoms with Gasteiger partial charge in [0.25, 0.3) is 0 Å². The Hall–Kier alpha value is -2.08. The van der Waals surface area contributed by atoms with Crippen molar-refractivity contribution in [3.8, 4) is 5.75 Å². The standard InChI is InChI=1S/C21H26N2O3.ClH/c1-25-11-10-22-14-21(24)23-15-18-12-19(26-2)9-8-17(18)13-20(23)16-6-4-3-5-7-16;/h3-9,12,20,22H,10-11,13-15H2,1-2H3;1H. The van der Waals surface area contributed by atoms with Gasteiger partial charge < -0.3 is 19.7 Å². The van der Waals surface area contributed by atoms with Crippen molar-refractivity contribution in [1.82, 2.24) is 10.2 Å². The summed E-state index contributed by atoms with van der Waals surface area (Å²) in [6.07, 6.45) is 0.813. The van der Waals surface area contributed by atoms with Crippen LogP contribution in [0.5, 0.6) is 5.75 Å². The van der Waals surface area contributed by atoms with E-state index in [9.17, 15) is 4.79 Å². The first-order valence-corrected chi connectivity index (χ1v) is 8.92. The van der Waals surface area contributed by atoms with E-state index in [4.69, 9.17) is 9.47 Å². The lowest BCUT2D eigenvalue weighted by Gasteiger charge is -2.37. The number of hydrogen-bond acceptors (Lipinski definition) is 4. The number of carbonyl (C=O) groups excluding carboxylic acids is 1. The topological polar surface area (TPSA) is 50.8 Å². The summed E-state index contributed by atoms with van der Waals surface area (Å²) in [5, 5.41) is 3.16. The second-order valence-electron chi connectivity index (χ2n) is 6.46. The van der Waals surface area contributed by atoms with E-state index in [1.165, 1.54) is 11.1 Å². The van der Waals surface area contributed by atoms with Crippen LogP contribution in [0.15, 0.2) is 48.5 Å². The molecule has 1 aliphatic heterocycles. The second-order valence-corrected chi connectivity index (χ2v) is 6.46. The summed E-state index contributed by atoms with van der Waals surface area (Å²) in [5.74, 6) is 0.927. The number of rotatable bonds is 7. The average molecular weight is 391 g/mol. The third-order valence-electron chi connectivity index (χ3n) is 4.81. The number of methoxy groups -OCH3 is 2. The largest absolute Gasteiger partial charge is 0.497 e. The smallest absolute Gasteiger partial charge is 0.237 e. The van der Waals surface area contributed by atoms with E-state index in [0.29, 0.717) is 26.2 Å². The SMILES string of the molecule is COCCNCC(=O)N1Cc2cc(OC)ccc2CC1c1ccccc1.Cl. The summed E-state index contributed by atoms with van der Waals surface area (Å²) >= 11 is 0. The maximum absolute atomic E-state index is 12.9. The Balaban J connectivity index is 0.00000261. The van der Waals surface area contributed by atoms with E-state index in [1.807, 2.05) is 35.2 Å². The molecule has 1 amide bonds. The molecule has 1 N–H and O–H groups in total. The Labute approximate surface area is 167 Å². The van der Waals surface area contributed by atoms with Gasteiger partial charge in [-0.2, -0.15) is 0 Å². The first-order chi connectivity index (χ1) is 12.7. The maximum atomic E-state index is 12.9. The Bertz CT molecular complexity index is 739. The monoisotopic (exact) mass is 390 g/mol. The van der Waals surface area contributed by atoms with Gasteiger partial charge in [0.1, 0.15) is 5.75 Å². The highest BCUT2D eigenvalue weighted by molar-refractivity contribution is 5.85. The zero-order chi connectivity index (χ0) is 18.4. The number of benzene rings is 2. The van der Waals surface area contributed by atoms with E-state index in [0.717, 1.165) is 17.7 Å². The minimum absolute atomic E-state index is 0. The lowest BCUT2D eigenvalue weighted by molar-refractivity contribution is -0.134. The van der Waals surface area contributed by atoms with Crippen LogP contribution in [-0.4, -0.2) is 44.7 Å². The van der Waals surface area contributed by atoms with Crippen LogP contribution in [0.3, 0.4) is 0 Å². The number of fused-ring (bicyclic) bond motifs is 1. The van der Waals surface area contributed by atoms with E-state index >= 15 is 0 Å². The Morgan fingerprint density at radius 2 is 1.93 bits per heavy atom. The van der Waals surface area contributed by atoms with Crippen LogP contribution in [0.4, 0.5) is 0 Å². The molecule has 0 saturated carbocycles. The molecule has 1 aliphatic rings. The summed E-state index contributed by atoms with van der Waals surface area (Å²) in [4.78, 5) is 14.9. The third kappa shape index (κ3) is 5.22. The summed E-state index contributed by atoms with van der Waals surface area (Å²) in [6.45, 7) is 2.16. The van der Waals surface area contributed by atoms with Crippen LogP contribution in [0.25, 0.3) is 0 Å². The van der Waals surface area contributed by atoms with E-state index in [-0.39, 0.29) is 24.4 Å². The van der Waals surface area contributed by atoms with Crippen LogP contribution in [-0.2, 0) is 22.5 Å². The van der Waals surface area contributed by atoms with Gasteiger partial charge in [-0.25, -0.2) is 0 Å². The van der Waals surface area contributed by atoms with Crippen LogP contribution in [0, 0.1) is 0 Å². The predicted octanol–water partition coefficient (Wildman–Crippen LogP) is 2.98. The van der Waals surface area contributed by atoms with Crippen molar-refractivity contribution in [1.29, 1.82) is 0 Å². The highest BCUT2D eigenvalue weighted by Crippen LogP contribution is 2.34. The van der Waals surface area contributed by atoms with Gasteiger partial charge in [-0.05, 0) is 35.2 Å². The van der Waals surface area contributed by atoms with Crippen molar-refractivity contribution in [3.63, 3.8) is 0 Å². The molecule has 2 aromatic carbocycles. The number of nitrogens with one attached hydrogen (secondary N) is 1. The van der Waals surface area contributed by atoms with Crippen molar-refractivity contribution >= 4 is 18.3 Å². The van der Waals surface area contributed by atoms with Crippen LogP contribution in [0.2, 0.25) is 0 Å². The average Bonchev–Trinajstić information content (AvgIpc) is 2.70. The number of amides is 1. The highest BCUT2D eigenvalue weighted by Gasteiger charge is 2.30. The number of hydrogen-bond donors (Lipinski definition) is 1. The van der Waals surface area contributed by atoms with Gasteiger partial charge in [-0.15, -0.1) is 12.4 Å². The lowest BCUT2D eigenvalue weighted by Crippen LogP contribution is -2.43. The fraction of sp³-hybridized carbons (Fsp3) is 0.381. The predicted molar refractivity (Wildman–Crippen MR) is 108 cm³/mol. The zero-order valence-electron chi connectivity index (χ0n) is 15.8. The minimum atomic E-state index is 0. The maximum Gasteiger partial charge on any atom is 0.237 e. The Morgan fingerprint density at radius 3 is 2.63 bits per heavy atom. The van der Waals surface area contributed by atoms with Crippen molar-refractivity contribution in [2.24, 2.45) is 0 Å². The summed E-state index contributed by atoms with van der Waals surface area (Å²) in [6, 6.07) is 16.4. The van der Waals surface area contributed by atoms with Gasteiger partial charge in [0.05, 0.1) is 26.3 Å². The van der Waals surface area contributed by atoms with Gasteiger partial charge in [-0.1, -0.05) is 36.4 Å². The van der Waals surface area contributed by atoms with Crippen molar-refractivity contribution < 1.29 is 14.3 Å². The quantitative estimate of drug-likeness (QED) is 0.738. The molecule has 1 atom stereocenters. The molecule has 5 nitrogen and oxygen atoms in total. The molecule has 146 valence electrons. The Morgan fingerprint density at radius 1 is 1.15 bits per heavy atom. The van der Waals surface area contributed by atoms with Gasteiger partial charge >= 0.3 is 0 Å². The van der Waals surface area contributed by atoms with Crippen LogP contribution >= 0.6 is 12.4 Å². The molecule has 1 unspecified atom stereocenters. The molecular weight excluding hydrogens is 364 g/mol. The lowest BCUT2D eigenvalue weighted by atomic mass is 9.89. The first-order valence-electron chi connectivity index (χ1n) is 8.92. The van der Waals surface area contributed by atoms with E-state index in [1.54, 1.807) is 14.2 Å². The molecule has 27 heavy (non-hydrogen) atoms. The summed E-state index contributed by atoms with van der Waals surface area (Å²) in [5.41, 5.74) is 3.59. The Kier molecular flexibility index (Phi) is 8.10. The van der Waals surface area contributed by atoms with Gasteiger partial charge in [0.15, 0.2) is 0 Å². The molecule has 3 rings (SSSR count). The third-order valence-corrected chi connectivity index (χ3v) is 4.81. The highest BCUT2D eigenvalue weighted by atomic mass is 35.5. The molecule has 0 spiro atoms. The van der Waals surface area contributed by atoms with Crippen LogP contribution < -0.4 is 10.1 Å². The molecule has 0 aromatic heterocycles. The molecular formula is C21H27ClN2O3. The second kappa shape index (κ2) is 10.3. The zero-order valence-corrected chi connectivity index (χ0v) is 16.6. The minimum Gasteiger partial charge on any atom is -0.497 e. The summed E-state index contributed by atoms with van der Waals surface area (Å²) in [7, 11) is 3.32. The molecule has 0 fully saturated rings. The molecule has 0 aliphatic carbocycles. The molecule has 0 radical (unpaired) electrons. The normalized spacial score (nSPS) is 15.6. The number of halogens is 1. The number of ether oxygens (including phenoxy) is 2.